The molecule has 1 saturated heterocycles. The molecule has 0 spiro atoms. The Morgan fingerprint density at radius 1 is 1.53 bits per heavy atom. The molecule has 5 nitrogen and oxygen atoms in total. The van der Waals surface area contributed by atoms with Gasteiger partial charge in [-0.2, -0.15) is 0 Å². The number of ether oxygens (including phenoxy) is 1. The van der Waals surface area contributed by atoms with Gasteiger partial charge in [0.1, 0.15) is 0 Å². The zero-order valence-corrected chi connectivity index (χ0v) is 10.3. The molecule has 0 radical (unpaired) electrons. The van der Waals surface area contributed by atoms with Crippen LogP contribution in [0.2, 0.25) is 0 Å². The van der Waals surface area contributed by atoms with Crippen LogP contribution in [0.1, 0.15) is 19.8 Å². The van der Waals surface area contributed by atoms with Crippen LogP contribution in [0.5, 0.6) is 0 Å². The van der Waals surface area contributed by atoms with E-state index >= 15 is 0 Å². The quantitative estimate of drug-likeness (QED) is 0.810. The standard InChI is InChI=1S/C12H21N3O2/c1-2-4-14-5-6-15(12(14)16)8-11(13)10-3-7-17-9-10/h5-6,10-11H,2-4,7-9,13H2,1H3. The van der Waals surface area contributed by atoms with Crippen LogP contribution >= 0.6 is 0 Å². The van der Waals surface area contributed by atoms with Gasteiger partial charge >= 0.3 is 5.69 Å². The van der Waals surface area contributed by atoms with Crippen molar-refractivity contribution < 1.29 is 4.74 Å². The lowest BCUT2D eigenvalue weighted by Gasteiger charge is -2.17. The summed E-state index contributed by atoms with van der Waals surface area (Å²) in [6.45, 7) is 4.94. The monoisotopic (exact) mass is 239 g/mol. The lowest BCUT2D eigenvalue weighted by atomic mass is 10.00. The average molecular weight is 239 g/mol. The van der Waals surface area contributed by atoms with Crippen LogP contribution in [0.15, 0.2) is 17.2 Å². The SMILES string of the molecule is CCCn1ccn(CC(N)C2CCOC2)c1=O. The molecule has 0 aromatic carbocycles. The molecular weight excluding hydrogens is 218 g/mol. The third-order valence-corrected chi connectivity index (χ3v) is 3.36. The van der Waals surface area contributed by atoms with Crippen molar-refractivity contribution in [1.82, 2.24) is 9.13 Å². The minimum atomic E-state index is 0.00711. The number of imidazole rings is 1. The van der Waals surface area contributed by atoms with E-state index in [-0.39, 0.29) is 11.7 Å². The molecular formula is C12H21N3O2. The maximum Gasteiger partial charge on any atom is 0.328 e. The Morgan fingerprint density at radius 2 is 2.29 bits per heavy atom. The van der Waals surface area contributed by atoms with Crippen LogP contribution in [-0.2, 0) is 17.8 Å². The van der Waals surface area contributed by atoms with Crippen molar-refractivity contribution in [3.8, 4) is 0 Å². The predicted molar refractivity (Wildman–Crippen MR) is 65.9 cm³/mol. The largest absolute Gasteiger partial charge is 0.381 e. The van der Waals surface area contributed by atoms with E-state index < -0.39 is 0 Å². The third-order valence-electron chi connectivity index (χ3n) is 3.36. The highest BCUT2D eigenvalue weighted by Gasteiger charge is 2.23. The lowest BCUT2D eigenvalue weighted by Crippen LogP contribution is -2.38. The first-order valence-corrected chi connectivity index (χ1v) is 6.31. The summed E-state index contributed by atoms with van der Waals surface area (Å²) in [5.74, 6) is 0.386. The Balaban J connectivity index is 2.00. The number of nitrogens with zero attached hydrogens (tertiary/aromatic N) is 2. The second-order valence-electron chi connectivity index (χ2n) is 4.71. The highest BCUT2D eigenvalue weighted by molar-refractivity contribution is 4.85. The van der Waals surface area contributed by atoms with Gasteiger partial charge < -0.3 is 10.5 Å². The molecule has 1 aliphatic heterocycles. The van der Waals surface area contributed by atoms with Crippen molar-refractivity contribution in [3.63, 3.8) is 0 Å². The molecule has 2 rings (SSSR count). The zero-order chi connectivity index (χ0) is 12.3. The number of aromatic nitrogens is 2. The van der Waals surface area contributed by atoms with E-state index in [1.54, 1.807) is 9.13 Å². The van der Waals surface area contributed by atoms with Crippen LogP contribution in [0.25, 0.3) is 0 Å². The van der Waals surface area contributed by atoms with Gasteiger partial charge in [-0.3, -0.25) is 9.13 Å². The minimum Gasteiger partial charge on any atom is -0.381 e. The van der Waals surface area contributed by atoms with Crippen LogP contribution in [0.3, 0.4) is 0 Å². The van der Waals surface area contributed by atoms with E-state index in [9.17, 15) is 4.79 Å². The van der Waals surface area contributed by atoms with E-state index in [0.29, 0.717) is 12.5 Å². The minimum absolute atomic E-state index is 0.00711. The molecule has 1 aliphatic rings. The second kappa shape index (κ2) is 5.51. The molecule has 5 heteroatoms. The van der Waals surface area contributed by atoms with Crippen LogP contribution < -0.4 is 11.4 Å². The van der Waals surface area contributed by atoms with Gasteiger partial charge in [-0.05, 0) is 12.8 Å². The second-order valence-corrected chi connectivity index (χ2v) is 4.71. The van der Waals surface area contributed by atoms with E-state index in [4.69, 9.17) is 10.5 Å². The van der Waals surface area contributed by atoms with Crippen molar-refractivity contribution in [1.29, 1.82) is 0 Å². The molecule has 2 atom stereocenters. The Kier molecular flexibility index (Phi) is 4.02. The first-order chi connectivity index (χ1) is 8.22. The Hall–Kier alpha value is -1.07. The number of nitrogens with two attached hydrogens (primary N) is 1. The van der Waals surface area contributed by atoms with E-state index in [1.807, 2.05) is 12.4 Å². The molecule has 0 saturated carbocycles. The van der Waals surface area contributed by atoms with Crippen molar-refractivity contribution in [2.75, 3.05) is 13.2 Å². The van der Waals surface area contributed by atoms with Gasteiger partial charge in [0, 0.05) is 44.0 Å². The van der Waals surface area contributed by atoms with Gasteiger partial charge in [0.2, 0.25) is 0 Å². The number of hydrogen-bond acceptors (Lipinski definition) is 3. The van der Waals surface area contributed by atoms with E-state index in [0.717, 1.165) is 32.6 Å². The molecule has 2 N–H and O–H groups in total. The summed E-state index contributed by atoms with van der Waals surface area (Å²) in [7, 11) is 0. The maximum atomic E-state index is 11.9. The molecule has 17 heavy (non-hydrogen) atoms. The van der Waals surface area contributed by atoms with Crippen molar-refractivity contribution in [3.05, 3.63) is 22.9 Å². The maximum absolute atomic E-state index is 11.9. The lowest BCUT2D eigenvalue weighted by molar-refractivity contribution is 0.178. The van der Waals surface area contributed by atoms with Gasteiger partial charge in [0.15, 0.2) is 0 Å². The van der Waals surface area contributed by atoms with Crippen molar-refractivity contribution in [2.45, 2.75) is 38.9 Å². The van der Waals surface area contributed by atoms with Gasteiger partial charge in [-0.25, -0.2) is 4.79 Å². The molecule has 0 aliphatic carbocycles. The van der Waals surface area contributed by atoms with Crippen molar-refractivity contribution >= 4 is 0 Å². The van der Waals surface area contributed by atoms with Gasteiger partial charge in [0.05, 0.1) is 6.61 Å². The van der Waals surface area contributed by atoms with Crippen LogP contribution in [0.4, 0.5) is 0 Å². The summed E-state index contributed by atoms with van der Waals surface area (Å²) in [6, 6.07) is 0.00711. The van der Waals surface area contributed by atoms with Crippen LogP contribution in [0, 0.1) is 5.92 Å². The molecule has 1 fully saturated rings. The summed E-state index contributed by atoms with van der Waals surface area (Å²) in [5.41, 5.74) is 6.16. The third kappa shape index (κ3) is 2.79. The number of aryl methyl sites for hydroxylation is 1. The fraction of sp³-hybridized carbons (Fsp3) is 0.750. The molecule has 1 aromatic rings. The Morgan fingerprint density at radius 3 is 2.94 bits per heavy atom. The summed E-state index contributed by atoms with van der Waals surface area (Å²) >= 11 is 0. The Bertz CT molecular complexity index is 404. The summed E-state index contributed by atoms with van der Waals surface area (Å²) < 4.78 is 8.76. The molecule has 96 valence electrons. The van der Waals surface area contributed by atoms with Gasteiger partial charge in [-0.15, -0.1) is 0 Å². The van der Waals surface area contributed by atoms with Gasteiger partial charge in [0.25, 0.3) is 0 Å². The smallest absolute Gasteiger partial charge is 0.328 e. The molecule has 0 amide bonds. The van der Waals surface area contributed by atoms with E-state index in [1.165, 1.54) is 0 Å². The fourth-order valence-electron chi connectivity index (χ4n) is 2.27. The highest BCUT2D eigenvalue weighted by atomic mass is 16.5. The van der Waals surface area contributed by atoms with Crippen LogP contribution in [-0.4, -0.2) is 28.4 Å². The van der Waals surface area contributed by atoms with Crippen molar-refractivity contribution in [2.24, 2.45) is 11.7 Å². The molecule has 1 aromatic heterocycles. The first-order valence-electron chi connectivity index (χ1n) is 6.31. The summed E-state index contributed by atoms with van der Waals surface area (Å²) in [6.07, 6.45) is 5.63. The molecule has 2 heterocycles. The predicted octanol–water partition coefficient (Wildman–Crippen LogP) is 0.424. The highest BCUT2D eigenvalue weighted by Crippen LogP contribution is 2.16. The molecule has 2 unspecified atom stereocenters. The summed E-state index contributed by atoms with van der Waals surface area (Å²) in [5, 5.41) is 0. The first kappa shape index (κ1) is 12.4. The average Bonchev–Trinajstić information content (AvgIpc) is 2.94. The van der Waals surface area contributed by atoms with E-state index in [2.05, 4.69) is 6.92 Å². The topological polar surface area (TPSA) is 62.2 Å². The Labute approximate surface area is 101 Å². The zero-order valence-electron chi connectivity index (χ0n) is 10.3. The van der Waals surface area contributed by atoms with Gasteiger partial charge in [-0.1, -0.05) is 6.92 Å². The number of hydrogen-bond donors (Lipinski definition) is 1. The number of rotatable bonds is 5. The normalized spacial score (nSPS) is 21.9. The fourth-order valence-corrected chi connectivity index (χ4v) is 2.27. The molecule has 0 bridgehead atoms. The summed E-state index contributed by atoms with van der Waals surface area (Å²) in [4.78, 5) is 11.9.